The minimum absolute atomic E-state index is 0.0197. The minimum atomic E-state index is -4.76. The molecule has 11 nitrogen and oxygen atoms in total. The topological polar surface area (TPSA) is 140 Å². The summed E-state index contributed by atoms with van der Waals surface area (Å²) >= 11 is 3.57. The number of ether oxygens (including phenoxy) is 1. The number of nitrogens with zero attached hydrogens (tertiary/aromatic N) is 2. The van der Waals surface area contributed by atoms with E-state index in [0.29, 0.717) is 24.8 Å². The quantitative estimate of drug-likeness (QED) is 0.108. The third-order valence-corrected chi connectivity index (χ3v) is 13.4. The number of aliphatic carboxylic acids is 1. The number of hydrogen-bond donors (Lipinski definition) is 4. The summed E-state index contributed by atoms with van der Waals surface area (Å²) in [6.07, 6.45) is 4.55. The van der Waals surface area contributed by atoms with E-state index in [1.54, 1.807) is 28.7 Å². The Kier molecular flexibility index (Phi) is 17.6. The number of alkyl halides is 3. The van der Waals surface area contributed by atoms with Crippen LogP contribution in [0.15, 0.2) is 59.3 Å². The molecule has 0 spiro atoms. The lowest BCUT2D eigenvalue weighted by atomic mass is 9.77. The Morgan fingerprint density at radius 2 is 1.19 bits per heavy atom. The normalized spacial score (nSPS) is 22.1. The first-order chi connectivity index (χ1) is 27.5. The maximum atomic E-state index is 12.4. The van der Waals surface area contributed by atoms with Gasteiger partial charge in [0.05, 0.1) is 11.1 Å². The van der Waals surface area contributed by atoms with E-state index >= 15 is 0 Å². The molecule has 0 atom stereocenters. The highest BCUT2D eigenvalue weighted by molar-refractivity contribution is 7.10. The van der Waals surface area contributed by atoms with Gasteiger partial charge in [-0.05, 0) is 133 Å². The van der Waals surface area contributed by atoms with Crippen LogP contribution in [0.25, 0.3) is 0 Å². The van der Waals surface area contributed by atoms with E-state index in [4.69, 9.17) is 5.11 Å². The number of carboxylic acid groups (broad SMARTS) is 1. The SMILES string of the molecule is CN(C)C1(c2cccs2)CCC(NC(=O)CCCC(=O)NCc2cccc(OC(F)(F)F)c2)CC1.CN(C)C1(c2cccs2)CCC(NC(=O)CCCC(=O)O)CC1. The zero-order chi connectivity index (χ0) is 42.3. The Morgan fingerprint density at radius 1 is 0.724 bits per heavy atom. The fraction of sp³-hybridized carbons (Fsp3) is 0.571. The number of carbonyl (C=O) groups excluding carboxylic acids is 3. The van der Waals surface area contributed by atoms with Crippen molar-refractivity contribution >= 4 is 46.4 Å². The van der Waals surface area contributed by atoms with Crippen molar-refractivity contribution in [3.8, 4) is 5.75 Å². The molecule has 0 saturated heterocycles. The summed E-state index contributed by atoms with van der Waals surface area (Å²) in [6, 6.07) is 14.4. The molecule has 2 aliphatic carbocycles. The highest BCUT2D eigenvalue weighted by atomic mass is 32.1. The lowest BCUT2D eigenvalue weighted by molar-refractivity contribution is -0.274. The second-order valence-electron chi connectivity index (χ2n) is 15.6. The van der Waals surface area contributed by atoms with Gasteiger partial charge in [-0.25, -0.2) is 0 Å². The van der Waals surface area contributed by atoms with Gasteiger partial charge >= 0.3 is 12.3 Å². The lowest BCUT2D eigenvalue weighted by Gasteiger charge is -2.44. The van der Waals surface area contributed by atoms with Gasteiger partial charge in [0.1, 0.15) is 5.75 Å². The smallest absolute Gasteiger partial charge is 0.481 e. The molecule has 3 aromatic rings. The number of halogens is 3. The van der Waals surface area contributed by atoms with Crippen molar-refractivity contribution in [2.45, 2.75) is 126 Å². The predicted molar refractivity (Wildman–Crippen MR) is 220 cm³/mol. The molecule has 2 heterocycles. The van der Waals surface area contributed by atoms with Gasteiger partial charge in [-0.2, -0.15) is 0 Å². The second-order valence-corrected chi connectivity index (χ2v) is 17.5. The van der Waals surface area contributed by atoms with Gasteiger partial charge in [0.25, 0.3) is 0 Å². The van der Waals surface area contributed by atoms with Crippen molar-refractivity contribution in [2.24, 2.45) is 0 Å². The summed E-state index contributed by atoms with van der Waals surface area (Å²) in [4.78, 5) is 54.2. The number of benzene rings is 1. The fourth-order valence-corrected chi connectivity index (χ4v) is 10.1. The molecule has 16 heteroatoms. The molecule has 0 unspecified atom stereocenters. The molecule has 2 saturated carbocycles. The third kappa shape index (κ3) is 14.1. The van der Waals surface area contributed by atoms with Gasteiger partial charge in [-0.1, -0.05) is 24.3 Å². The number of thiophene rings is 2. The molecule has 3 amide bonds. The molecular weight excluding hydrogens is 792 g/mol. The maximum absolute atomic E-state index is 12.4. The largest absolute Gasteiger partial charge is 0.573 e. The minimum Gasteiger partial charge on any atom is -0.481 e. The van der Waals surface area contributed by atoms with Crippen LogP contribution in [0.1, 0.15) is 105 Å². The summed E-state index contributed by atoms with van der Waals surface area (Å²) in [5.74, 6) is -1.52. The standard InChI is InChI=1S/C25H32F3N3O3S.C17H26N2O3S/c1-31(2)24(21-8-5-15-35-21)13-11-19(12-14-24)30-23(33)10-4-9-22(32)29-17-18-6-3-7-20(16-18)34-25(26,27)28;1-19(2)17(14-5-4-12-23-14)10-8-13(9-11-17)18-15(20)6-3-7-16(21)22/h3,5-8,15-16,19H,4,9-14,17H2,1-2H3,(H,29,32)(H,30,33);4-5,12-13H,3,6-11H2,1-2H3,(H,18,20)(H,21,22). The molecule has 0 bridgehead atoms. The summed E-state index contributed by atoms with van der Waals surface area (Å²) < 4.78 is 40.9. The number of amides is 3. The average molecular weight is 850 g/mol. The first-order valence-electron chi connectivity index (χ1n) is 19.9. The van der Waals surface area contributed by atoms with Crippen molar-refractivity contribution in [3.05, 3.63) is 74.6 Å². The van der Waals surface area contributed by atoms with Gasteiger partial charge in [0.2, 0.25) is 17.7 Å². The van der Waals surface area contributed by atoms with Crippen LogP contribution >= 0.6 is 22.7 Å². The molecule has 320 valence electrons. The molecule has 58 heavy (non-hydrogen) atoms. The van der Waals surface area contributed by atoms with E-state index in [-0.39, 0.29) is 72.4 Å². The van der Waals surface area contributed by atoms with Gasteiger partial charge < -0.3 is 25.8 Å². The number of carboxylic acids is 1. The predicted octanol–water partition coefficient (Wildman–Crippen LogP) is 7.77. The van der Waals surface area contributed by atoms with Crippen molar-refractivity contribution in [1.82, 2.24) is 25.8 Å². The van der Waals surface area contributed by atoms with E-state index in [0.717, 1.165) is 51.4 Å². The van der Waals surface area contributed by atoms with E-state index < -0.39 is 12.3 Å². The van der Waals surface area contributed by atoms with Gasteiger partial charge in [-0.3, -0.25) is 29.0 Å². The summed E-state index contributed by atoms with van der Waals surface area (Å²) in [5.41, 5.74) is 0.594. The maximum Gasteiger partial charge on any atom is 0.573 e. The highest BCUT2D eigenvalue weighted by Crippen LogP contribution is 2.44. The van der Waals surface area contributed by atoms with Crippen molar-refractivity contribution < 1.29 is 42.2 Å². The molecular formula is C42H58F3N5O6S2. The molecule has 4 N–H and O–H groups in total. The van der Waals surface area contributed by atoms with Crippen LogP contribution in [0.3, 0.4) is 0 Å². The number of rotatable bonds is 17. The van der Waals surface area contributed by atoms with E-state index in [1.807, 2.05) is 0 Å². The molecule has 2 aromatic heterocycles. The molecule has 1 aromatic carbocycles. The molecule has 0 aliphatic heterocycles. The molecule has 0 radical (unpaired) electrons. The molecule has 2 aliphatic rings. The van der Waals surface area contributed by atoms with Crippen molar-refractivity contribution in [1.29, 1.82) is 0 Å². The fourth-order valence-electron chi connectivity index (χ4n) is 7.95. The molecule has 2 fully saturated rings. The van der Waals surface area contributed by atoms with Crippen LogP contribution in [0, 0.1) is 0 Å². The number of carbonyl (C=O) groups is 4. The first-order valence-corrected chi connectivity index (χ1v) is 21.6. The van der Waals surface area contributed by atoms with E-state index in [2.05, 4.69) is 93.7 Å². The Bertz CT molecular complexity index is 1740. The van der Waals surface area contributed by atoms with Crippen LogP contribution in [-0.2, 0) is 36.8 Å². The first kappa shape index (κ1) is 46.7. The average Bonchev–Trinajstić information content (AvgIpc) is 3.91. The number of hydrogen-bond acceptors (Lipinski definition) is 9. The Labute approximate surface area is 347 Å². The van der Waals surface area contributed by atoms with Crippen LogP contribution < -0.4 is 20.7 Å². The summed E-state index contributed by atoms with van der Waals surface area (Å²) in [6.45, 7) is 0.0834. The van der Waals surface area contributed by atoms with Crippen LogP contribution in [0.5, 0.6) is 5.75 Å². The zero-order valence-electron chi connectivity index (χ0n) is 33.9. The third-order valence-electron chi connectivity index (χ3n) is 11.3. The van der Waals surface area contributed by atoms with Gasteiger partial charge in [0.15, 0.2) is 0 Å². The zero-order valence-corrected chi connectivity index (χ0v) is 35.5. The monoisotopic (exact) mass is 849 g/mol. The highest BCUT2D eigenvalue weighted by Gasteiger charge is 2.41. The van der Waals surface area contributed by atoms with Crippen LogP contribution in [0.2, 0.25) is 0 Å². The van der Waals surface area contributed by atoms with E-state index in [1.165, 1.54) is 28.0 Å². The second kappa shape index (κ2) is 21.9. The Morgan fingerprint density at radius 3 is 1.60 bits per heavy atom. The Hall–Kier alpha value is -3.99. The van der Waals surface area contributed by atoms with Gasteiger partial charge in [-0.15, -0.1) is 35.8 Å². The summed E-state index contributed by atoms with van der Waals surface area (Å²) in [5, 5.41) is 21.7. The molecule has 5 rings (SSSR count). The van der Waals surface area contributed by atoms with Crippen LogP contribution in [-0.4, -0.2) is 85.2 Å². The van der Waals surface area contributed by atoms with Crippen molar-refractivity contribution in [2.75, 3.05) is 28.2 Å². The van der Waals surface area contributed by atoms with E-state index in [9.17, 15) is 32.3 Å². The lowest BCUT2D eigenvalue weighted by Crippen LogP contribution is -2.48. The van der Waals surface area contributed by atoms with Crippen LogP contribution in [0.4, 0.5) is 13.2 Å². The number of nitrogens with one attached hydrogen (secondary N) is 3. The Balaban J connectivity index is 0.000000280. The van der Waals surface area contributed by atoms with Crippen molar-refractivity contribution in [3.63, 3.8) is 0 Å². The summed E-state index contributed by atoms with van der Waals surface area (Å²) in [7, 11) is 8.47. The van der Waals surface area contributed by atoms with Gasteiger partial charge in [0, 0.05) is 54.1 Å².